The number of benzene rings is 9. The standard InChI is InChI=1S/C48H31NO/c1-2-12-32(13-3-1)33-24-27-36(28-25-33)49(45-22-11-16-35-26-29-43-42-20-8-9-23-46(42)50-48(43)47(35)45)44-31-30-40(39-18-6-7-19-41(39)44)38-21-10-15-34-14-4-5-17-37(34)38/h1-31H. The van der Waals surface area contributed by atoms with Crippen LogP contribution in [-0.2, 0) is 0 Å². The predicted molar refractivity (Wildman–Crippen MR) is 212 cm³/mol. The summed E-state index contributed by atoms with van der Waals surface area (Å²) in [5, 5.41) is 9.36. The van der Waals surface area contributed by atoms with E-state index in [-0.39, 0.29) is 0 Å². The van der Waals surface area contributed by atoms with Crippen LogP contribution in [0.15, 0.2) is 192 Å². The van der Waals surface area contributed by atoms with E-state index in [1.165, 1.54) is 43.8 Å². The first-order chi connectivity index (χ1) is 24.8. The second-order valence-corrected chi connectivity index (χ2v) is 12.9. The van der Waals surface area contributed by atoms with Crippen molar-refractivity contribution in [2.75, 3.05) is 4.90 Å². The van der Waals surface area contributed by atoms with Crippen molar-refractivity contribution in [3.8, 4) is 22.3 Å². The summed E-state index contributed by atoms with van der Waals surface area (Å²) in [6.07, 6.45) is 0. The van der Waals surface area contributed by atoms with Gasteiger partial charge < -0.3 is 9.32 Å². The summed E-state index contributed by atoms with van der Waals surface area (Å²) < 4.78 is 6.68. The van der Waals surface area contributed by atoms with Crippen molar-refractivity contribution in [1.29, 1.82) is 0 Å². The molecule has 2 heteroatoms. The van der Waals surface area contributed by atoms with Gasteiger partial charge in [0.2, 0.25) is 0 Å². The van der Waals surface area contributed by atoms with Gasteiger partial charge in [0.05, 0.1) is 11.4 Å². The van der Waals surface area contributed by atoms with E-state index in [4.69, 9.17) is 4.42 Å². The van der Waals surface area contributed by atoms with Crippen LogP contribution in [0.25, 0.3) is 76.5 Å². The van der Waals surface area contributed by atoms with E-state index in [1.54, 1.807) is 0 Å². The van der Waals surface area contributed by atoms with Gasteiger partial charge in [-0.25, -0.2) is 0 Å². The zero-order valence-corrected chi connectivity index (χ0v) is 27.3. The molecule has 0 aliphatic carbocycles. The molecule has 0 spiro atoms. The number of nitrogens with zero attached hydrogens (tertiary/aromatic N) is 1. The quantitative estimate of drug-likeness (QED) is 0.187. The van der Waals surface area contributed by atoms with E-state index < -0.39 is 0 Å². The molecule has 0 saturated heterocycles. The van der Waals surface area contributed by atoms with Crippen molar-refractivity contribution in [2.24, 2.45) is 0 Å². The van der Waals surface area contributed by atoms with E-state index >= 15 is 0 Å². The minimum Gasteiger partial charge on any atom is -0.455 e. The van der Waals surface area contributed by atoms with Gasteiger partial charge in [-0.3, -0.25) is 0 Å². The summed E-state index contributed by atoms with van der Waals surface area (Å²) in [6, 6.07) is 67.5. The molecule has 1 aromatic heterocycles. The Bertz CT molecular complexity index is 2860. The van der Waals surface area contributed by atoms with E-state index in [2.05, 4.69) is 187 Å². The Morgan fingerprint density at radius 1 is 0.340 bits per heavy atom. The summed E-state index contributed by atoms with van der Waals surface area (Å²) in [5.74, 6) is 0. The third kappa shape index (κ3) is 4.50. The highest BCUT2D eigenvalue weighted by Gasteiger charge is 2.22. The number of para-hydroxylation sites is 1. The lowest BCUT2D eigenvalue weighted by Gasteiger charge is -2.29. The van der Waals surface area contributed by atoms with Gasteiger partial charge in [-0.2, -0.15) is 0 Å². The number of hydrogen-bond donors (Lipinski definition) is 0. The van der Waals surface area contributed by atoms with E-state index in [0.29, 0.717) is 0 Å². The summed E-state index contributed by atoms with van der Waals surface area (Å²) in [4.78, 5) is 2.42. The molecule has 0 unspecified atom stereocenters. The molecule has 0 aliphatic rings. The highest BCUT2D eigenvalue weighted by molar-refractivity contribution is 6.20. The van der Waals surface area contributed by atoms with Gasteiger partial charge in [-0.15, -0.1) is 0 Å². The number of hydrogen-bond acceptors (Lipinski definition) is 2. The van der Waals surface area contributed by atoms with Crippen molar-refractivity contribution in [2.45, 2.75) is 0 Å². The Hall–Kier alpha value is -6.64. The minimum atomic E-state index is 0.897. The van der Waals surface area contributed by atoms with Gasteiger partial charge in [0.15, 0.2) is 0 Å². The minimum absolute atomic E-state index is 0.897. The Balaban J connectivity index is 1.26. The molecule has 0 N–H and O–H groups in total. The van der Waals surface area contributed by atoms with Crippen LogP contribution in [0.3, 0.4) is 0 Å². The fourth-order valence-electron chi connectivity index (χ4n) is 7.73. The molecule has 0 radical (unpaired) electrons. The van der Waals surface area contributed by atoms with Gasteiger partial charge in [0.1, 0.15) is 11.2 Å². The smallest absolute Gasteiger partial charge is 0.145 e. The monoisotopic (exact) mass is 637 g/mol. The lowest BCUT2D eigenvalue weighted by Crippen LogP contribution is -2.11. The van der Waals surface area contributed by atoms with Crippen LogP contribution in [0, 0.1) is 0 Å². The maximum absolute atomic E-state index is 6.68. The van der Waals surface area contributed by atoms with Gasteiger partial charge in [-0.05, 0) is 80.2 Å². The van der Waals surface area contributed by atoms with Crippen LogP contribution in [0.4, 0.5) is 17.1 Å². The van der Waals surface area contributed by atoms with Crippen LogP contribution in [0.1, 0.15) is 0 Å². The average Bonchev–Trinajstić information content (AvgIpc) is 3.58. The lowest BCUT2D eigenvalue weighted by atomic mass is 9.92. The van der Waals surface area contributed by atoms with Crippen molar-refractivity contribution >= 4 is 71.3 Å². The number of fused-ring (bicyclic) bond motifs is 7. The molecule has 0 amide bonds. The molecular formula is C48H31NO. The van der Waals surface area contributed by atoms with Crippen LogP contribution in [0.5, 0.6) is 0 Å². The Morgan fingerprint density at radius 3 is 1.84 bits per heavy atom. The third-order valence-corrected chi connectivity index (χ3v) is 10.1. The zero-order chi connectivity index (χ0) is 33.0. The van der Waals surface area contributed by atoms with Crippen molar-refractivity contribution in [3.63, 3.8) is 0 Å². The maximum Gasteiger partial charge on any atom is 0.145 e. The fourth-order valence-corrected chi connectivity index (χ4v) is 7.73. The lowest BCUT2D eigenvalue weighted by molar-refractivity contribution is 0.672. The average molecular weight is 638 g/mol. The molecule has 50 heavy (non-hydrogen) atoms. The molecule has 0 bridgehead atoms. The van der Waals surface area contributed by atoms with Crippen LogP contribution in [0.2, 0.25) is 0 Å². The molecule has 2 nitrogen and oxygen atoms in total. The van der Waals surface area contributed by atoms with Gasteiger partial charge in [0, 0.05) is 27.2 Å². The molecule has 9 aromatic carbocycles. The van der Waals surface area contributed by atoms with Gasteiger partial charge in [-0.1, -0.05) is 152 Å². The first kappa shape index (κ1) is 28.4. The molecule has 1 heterocycles. The number of anilines is 3. The Morgan fingerprint density at radius 2 is 0.980 bits per heavy atom. The molecule has 0 atom stereocenters. The second-order valence-electron chi connectivity index (χ2n) is 12.9. The van der Waals surface area contributed by atoms with Crippen molar-refractivity contribution in [3.05, 3.63) is 188 Å². The number of rotatable bonds is 5. The fraction of sp³-hybridized carbons (Fsp3) is 0. The van der Waals surface area contributed by atoms with E-state index in [9.17, 15) is 0 Å². The molecule has 0 aliphatic heterocycles. The molecule has 10 aromatic rings. The van der Waals surface area contributed by atoms with E-state index in [1.807, 2.05) is 6.07 Å². The van der Waals surface area contributed by atoms with E-state index in [0.717, 1.165) is 49.8 Å². The highest BCUT2D eigenvalue weighted by atomic mass is 16.3. The summed E-state index contributed by atoms with van der Waals surface area (Å²) in [7, 11) is 0. The number of furan rings is 1. The molecule has 10 rings (SSSR count). The molecule has 0 fully saturated rings. The SMILES string of the molecule is c1ccc(-c2ccc(N(c3ccc(-c4cccc5ccccc45)c4ccccc34)c3cccc4ccc5c6ccccc6oc5c34)cc2)cc1. The normalized spacial score (nSPS) is 11.6. The highest BCUT2D eigenvalue weighted by Crippen LogP contribution is 2.47. The largest absolute Gasteiger partial charge is 0.455 e. The van der Waals surface area contributed by atoms with Crippen LogP contribution >= 0.6 is 0 Å². The summed E-state index contributed by atoms with van der Waals surface area (Å²) >= 11 is 0. The van der Waals surface area contributed by atoms with Crippen LogP contribution in [-0.4, -0.2) is 0 Å². The Kier molecular flexibility index (Phi) is 6.53. The first-order valence-corrected chi connectivity index (χ1v) is 17.1. The summed E-state index contributed by atoms with van der Waals surface area (Å²) in [5.41, 5.74) is 9.90. The Labute approximate surface area is 290 Å². The topological polar surface area (TPSA) is 16.4 Å². The molecular weight excluding hydrogens is 607 g/mol. The summed E-state index contributed by atoms with van der Waals surface area (Å²) in [6.45, 7) is 0. The second kappa shape index (κ2) is 11.5. The maximum atomic E-state index is 6.68. The van der Waals surface area contributed by atoms with Gasteiger partial charge >= 0.3 is 0 Å². The molecule has 0 saturated carbocycles. The predicted octanol–water partition coefficient (Wildman–Crippen LogP) is 13.8. The van der Waals surface area contributed by atoms with Gasteiger partial charge in [0.25, 0.3) is 0 Å². The first-order valence-electron chi connectivity index (χ1n) is 17.1. The van der Waals surface area contributed by atoms with Crippen molar-refractivity contribution in [1.82, 2.24) is 0 Å². The van der Waals surface area contributed by atoms with Crippen molar-refractivity contribution < 1.29 is 4.42 Å². The third-order valence-electron chi connectivity index (χ3n) is 10.1. The van der Waals surface area contributed by atoms with Crippen LogP contribution < -0.4 is 4.90 Å². The molecule has 234 valence electrons. The zero-order valence-electron chi connectivity index (χ0n) is 27.3.